The molecule has 0 aliphatic heterocycles. The van der Waals surface area contributed by atoms with Crippen LogP contribution in [-0.2, 0) is 13.6 Å². The van der Waals surface area contributed by atoms with Gasteiger partial charge in [-0.25, -0.2) is 4.79 Å². The highest BCUT2D eigenvalue weighted by Crippen LogP contribution is 2.21. The molecule has 1 heterocycles. The molecule has 156 valence electrons. The lowest BCUT2D eigenvalue weighted by Gasteiger charge is -2.20. The summed E-state index contributed by atoms with van der Waals surface area (Å²) in [5, 5.41) is 3.25. The van der Waals surface area contributed by atoms with Crippen LogP contribution >= 0.6 is 0 Å². The maximum Gasteiger partial charge on any atom is 0.332 e. The van der Waals surface area contributed by atoms with Crippen molar-refractivity contribution in [1.29, 1.82) is 0 Å². The summed E-state index contributed by atoms with van der Waals surface area (Å²) in [6.45, 7) is 2.13. The summed E-state index contributed by atoms with van der Waals surface area (Å²) < 4.78 is 2.21. The van der Waals surface area contributed by atoms with Crippen molar-refractivity contribution < 1.29 is 4.79 Å². The Hall–Kier alpha value is -3.45. The smallest absolute Gasteiger partial charge is 0.332 e. The van der Waals surface area contributed by atoms with Crippen LogP contribution in [0.5, 0.6) is 0 Å². The van der Waals surface area contributed by atoms with Crippen LogP contribution in [-0.4, -0.2) is 21.5 Å². The van der Waals surface area contributed by atoms with E-state index in [0.717, 1.165) is 15.7 Å². The molecule has 0 saturated heterocycles. The molecule has 3 rings (SSSR count). The minimum Gasteiger partial charge on any atom is -0.384 e. The molecular formula is C23H26N4O3. The Bertz CT molecular complexity index is 1100. The van der Waals surface area contributed by atoms with Crippen molar-refractivity contribution in [2.45, 2.75) is 25.9 Å². The van der Waals surface area contributed by atoms with E-state index in [1.54, 1.807) is 0 Å². The Balaban J connectivity index is 1.94. The first-order chi connectivity index (χ1) is 14.5. The molecule has 0 radical (unpaired) electrons. The zero-order chi connectivity index (χ0) is 21.7. The number of Topliss-reactive ketones (excluding diaryl/α,β-unsaturated/α-hetero) is 1. The third-order valence-corrected chi connectivity index (χ3v) is 5.04. The zero-order valence-corrected chi connectivity index (χ0v) is 17.2. The van der Waals surface area contributed by atoms with Crippen molar-refractivity contribution in [1.82, 2.24) is 14.5 Å². The Morgan fingerprint density at radius 2 is 1.53 bits per heavy atom. The van der Waals surface area contributed by atoms with Crippen LogP contribution in [0.1, 0.15) is 40.9 Å². The van der Waals surface area contributed by atoms with Gasteiger partial charge in [0.25, 0.3) is 5.56 Å². The minimum absolute atomic E-state index is 0.0762. The van der Waals surface area contributed by atoms with Crippen molar-refractivity contribution in [3.05, 3.63) is 98.2 Å². The highest BCUT2D eigenvalue weighted by Gasteiger charge is 2.22. The molecule has 0 atom stereocenters. The predicted octanol–water partition coefficient (Wildman–Crippen LogP) is 2.10. The molecule has 0 amide bonds. The third-order valence-electron chi connectivity index (χ3n) is 5.04. The molecule has 7 nitrogen and oxygen atoms in total. The number of hydrogen-bond donors (Lipinski definition) is 2. The molecule has 1 aromatic heterocycles. The Labute approximate surface area is 174 Å². The SMILES string of the molecule is CCCn1c(N)c(C(=O)CNC(c2ccccc2)c2ccccc2)c(=O)n(C)c1=O. The number of anilines is 1. The van der Waals surface area contributed by atoms with Crippen LogP contribution in [0, 0.1) is 0 Å². The van der Waals surface area contributed by atoms with Crippen molar-refractivity contribution in [2.24, 2.45) is 7.05 Å². The van der Waals surface area contributed by atoms with Gasteiger partial charge in [-0.3, -0.25) is 24.0 Å². The number of nitrogens with zero attached hydrogens (tertiary/aromatic N) is 2. The van der Waals surface area contributed by atoms with E-state index in [2.05, 4.69) is 5.32 Å². The van der Waals surface area contributed by atoms with Crippen LogP contribution in [0.25, 0.3) is 0 Å². The normalized spacial score (nSPS) is 11.0. The molecule has 7 heteroatoms. The minimum atomic E-state index is -0.673. The van der Waals surface area contributed by atoms with Gasteiger partial charge in [-0.05, 0) is 17.5 Å². The van der Waals surface area contributed by atoms with E-state index >= 15 is 0 Å². The third kappa shape index (κ3) is 4.26. The van der Waals surface area contributed by atoms with Crippen LogP contribution in [0.2, 0.25) is 0 Å². The van der Waals surface area contributed by atoms with E-state index in [1.807, 2.05) is 67.6 Å². The summed E-state index contributed by atoms with van der Waals surface area (Å²) in [7, 11) is 1.36. The van der Waals surface area contributed by atoms with E-state index in [1.165, 1.54) is 11.6 Å². The molecule has 0 bridgehead atoms. The number of nitrogens with two attached hydrogens (primary N) is 1. The molecule has 3 aromatic rings. The van der Waals surface area contributed by atoms with Gasteiger partial charge in [0, 0.05) is 13.6 Å². The van der Waals surface area contributed by atoms with Gasteiger partial charge in [0.05, 0.1) is 12.6 Å². The van der Waals surface area contributed by atoms with E-state index in [9.17, 15) is 14.4 Å². The number of aromatic nitrogens is 2. The number of carbonyl (C=O) groups is 1. The summed E-state index contributed by atoms with van der Waals surface area (Å²) >= 11 is 0. The van der Waals surface area contributed by atoms with E-state index in [0.29, 0.717) is 13.0 Å². The summed E-state index contributed by atoms with van der Waals surface area (Å²) in [4.78, 5) is 37.9. The Morgan fingerprint density at radius 1 is 1.00 bits per heavy atom. The monoisotopic (exact) mass is 406 g/mol. The number of rotatable bonds is 8. The summed E-state index contributed by atoms with van der Waals surface area (Å²) in [6, 6.07) is 19.3. The second-order valence-corrected chi connectivity index (χ2v) is 7.12. The maximum absolute atomic E-state index is 13.0. The number of nitrogens with one attached hydrogen (secondary N) is 1. The predicted molar refractivity (Wildman–Crippen MR) is 118 cm³/mol. The van der Waals surface area contributed by atoms with Crippen molar-refractivity contribution in [3.8, 4) is 0 Å². The molecule has 0 unspecified atom stereocenters. The summed E-state index contributed by atoms with van der Waals surface area (Å²) in [6.07, 6.45) is 0.651. The highest BCUT2D eigenvalue weighted by molar-refractivity contribution is 6.01. The van der Waals surface area contributed by atoms with Gasteiger partial charge in [-0.2, -0.15) is 0 Å². The average Bonchev–Trinajstić information content (AvgIpc) is 2.77. The van der Waals surface area contributed by atoms with Crippen LogP contribution in [0.15, 0.2) is 70.3 Å². The number of hydrogen-bond acceptors (Lipinski definition) is 5. The molecule has 3 N–H and O–H groups in total. The van der Waals surface area contributed by atoms with Crippen LogP contribution < -0.4 is 22.3 Å². The lowest BCUT2D eigenvalue weighted by Crippen LogP contribution is -2.44. The topological polar surface area (TPSA) is 99.1 Å². The van der Waals surface area contributed by atoms with Gasteiger partial charge in [-0.15, -0.1) is 0 Å². The van der Waals surface area contributed by atoms with Crippen LogP contribution in [0.3, 0.4) is 0 Å². The second-order valence-electron chi connectivity index (χ2n) is 7.12. The quantitative estimate of drug-likeness (QED) is 0.558. The fourth-order valence-electron chi connectivity index (χ4n) is 3.49. The first-order valence-corrected chi connectivity index (χ1v) is 9.91. The molecule has 2 aromatic carbocycles. The highest BCUT2D eigenvalue weighted by atomic mass is 16.2. The largest absolute Gasteiger partial charge is 0.384 e. The number of nitrogen functional groups attached to an aromatic ring is 1. The van der Waals surface area contributed by atoms with Gasteiger partial charge in [0.15, 0.2) is 5.78 Å². The average molecular weight is 406 g/mol. The zero-order valence-electron chi connectivity index (χ0n) is 17.2. The molecule has 0 aliphatic rings. The van der Waals surface area contributed by atoms with Gasteiger partial charge in [0.1, 0.15) is 11.4 Å². The molecule has 30 heavy (non-hydrogen) atoms. The van der Waals surface area contributed by atoms with Crippen molar-refractivity contribution in [2.75, 3.05) is 12.3 Å². The molecular weight excluding hydrogens is 380 g/mol. The van der Waals surface area contributed by atoms with Gasteiger partial charge < -0.3 is 5.73 Å². The first kappa shape index (κ1) is 21.3. The van der Waals surface area contributed by atoms with E-state index < -0.39 is 17.0 Å². The first-order valence-electron chi connectivity index (χ1n) is 9.91. The van der Waals surface area contributed by atoms with E-state index in [-0.39, 0.29) is 24.0 Å². The fraction of sp³-hybridized carbons (Fsp3) is 0.261. The number of carbonyl (C=O) groups excluding carboxylic acids is 1. The number of ketones is 1. The molecule has 0 aliphatic carbocycles. The molecule has 0 spiro atoms. The summed E-state index contributed by atoms with van der Waals surface area (Å²) in [5.74, 6) is -0.525. The lowest BCUT2D eigenvalue weighted by atomic mass is 9.98. The maximum atomic E-state index is 13.0. The van der Waals surface area contributed by atoms with Crippen LogP contribution in [0.4, 0.5) is 5.82 Å². The Kier molecular flexibility index (Phi) is 6.64. The molecule has 0 saturated carbocycles. The van der Waals surface area contributed by atoms with Gasteiger partial charge >= 0.3 is 5.69 Å². The summed E-state index contributed by atoms with van der Waals surface area (Å²) in [5.41, 5.74) is 6.71. The van der Waals surface area contributed by atoms with E-state index in [4.69, 9.17) is 5.73 Å². The van der Waals surface area contributed by atoms with Crippen molar-refractivity contribution >= 4 is 11.6 Å². The Morgan fingerprint density at radius 3 is 2.03 bits per heavy atom. The van der Waals surface area contributed by atoms with Gasteiger partial charge in [0.2, 0.25) is 0 Å². The van der Waals surface area contributed by atoms with Crippen molar-refractivity contribution in [3.63, 3.8) is 0 Å². The lowest BCUT2D eigenvalue weighted by molar-refractivity contribution is 0.0986. The molecule has 0 fully saturated rings. The van der Waals surface area contributed by atoms with Gasteiger partial charge in [-0.1, -0.05) is 67.6 Å². The number of benzene rings is 2. The fourth-order valence-corrected chi connectivity index (χ4v) is 3.49. The standard InChI is InChI=1S/C23H26N4O3/c1-3-14-27-21(24)19(22(29)26(2)23(27)30)18(28)15-25-20(16-10-6-4-7-11-16)17-12-8-5-9-13-17/h4-13,20,25H,3,14-15,24H2,1-2H3. The second kappa shape index (κ2) is 9.37.